The molecular formula is C18H24N2O6S. The second kappa shape index (κ2) is 7.95. The number of hydrogen-bond acceptors (Lipinski definition) is 5. The minimum absolute atomic E-state index is 0.0591. The van der Waals surface area contributed by atoms with Crippen molar-refractivity contribution in [3.63, 3.8) is 0 Å². The topological polar surface area (TPSA) is 104 Å². The third kappa shape index (κ3) is 4.31. The van der Waals surface area contributed by atoms with Crippen LogP contribution in [-0.2, 0) is 24.3 Å². The van der Waals surface area contributed by atoms with Crippen LogP contribution in [0.5, 0.6) is 0 Å². The Morgan fingerprint density at radius 3 is 2.56 bits per heavy atom. The maximum atomic E-state index is 13.0. The zero-order chi connectivity index (χ0) is 19.6. The zero-order valence-electron chi connectivity index (χ0n) is 15.2. The summed E-state index contributed by atoms with van der Waals surface area (Å²) in [6.45, 7) is 3.15. The zero-order valence-corrected chi connectivity index (χ0v) is 16.0. The fourth-order valence-electron chi connectivity index (χ4n) is 3.52. The van der Waals surface area contributed by atoms with Crippen LogP contribution in [0.1, 0.15) is 24.8 Å². The number of nitrogens with zero attached hydrogens (tertiary/aromatic N) is 2. The van der Waals surface area contributed by atoms with Crippen LogP contribution in [0.25, 0.3) is 0 Å². The van der Waals surface area contributed by atoms with Gasteiger partial charge in [-0.05, 0) is 31.9 Å². The van der Waals surface area contributed by atoms with Crippen molar-refractivity contribution >= 4 is 21.9 Å². The molecule has 1 N–H and O–H groups in total. The molecule has 2 unspecified atom stereocenters. The average Bonchev–Trinajstić information content (AvgIpc) is 3.11. The van der Waals surface area contributed by atoms with E-state index in [4.69, 9.17) is 4.74 Å². The second-order valence-corrected chi connectivity index (χ2v) is 8.85. The summed E-state index contributed by atoms with van der Waals surface area (Å²) in [4.78, 5) is 25.8. The van der Waals surface area contributed by atoms with Gasteiger partial charge in [-0.15, -0.1) is 0 Å². The summed E-state index contributed by atoms with van der Waals surface area (Å²) in [5, 5.41) is 9.23. The van der Waals surface area contributed by atoms with Crippen LogP contribution < -0.4 is 0 Å². The number of carboxylic acids is 1. The van der Waals surface area contributed by atoms with E-state index in [0.717, 1.165) is 22.7 Å². The Balaban J connectivity index is 1.84. The Bertz CT molecular complexity index is 802. The third-order valence-electron chi connectivity index (χ3n) is 4.98. The van der Waals surface area contributed by atoms with Crippen LogP contribution in [0, 0.1) is 6.92 Å². The Morgan fingerprint density at radius 1 is 1.26 bits per heavy atom. The number of carboxylic acid groups (broad SMARTS) is 1. The van der Waals surface area contributed by atoms with Gasteiger partial charge in [0, 0.05) is 26.2 Å². The fraction of sp³-hybridized carbons (Fsp3) is 0.556. The minimum atomic E-state index is -3.97. The molecule has 2 aliphatic rings. The predicted octanol–water partition coefficient (Wildman–Crippen LogP) is 0.850. The van der Waals surface area contributed by atoms with E-state index >= 15 is 0 Å². The van der Waals surface area contributed by atoms with E-state index in [-0.39, 0.29) is 24.1 Å². The van der Waals surface area contributed by atoms with Gasteiger partial charge >= 0.3 is 5.97 Å². The quantitative estimate of drug-likeness (QED) is 0.764. The van der Waals surface area contributed by atoms with Gasteiger partial charge in [-0.1, -0.05) is 17.7 Å². The van der Waals surface area contributed by atoms with Crippen molar-refractivity contribution in [3.05, 3.63) is 29.8 Å². The molecule has 1 amide bonds. The molecule has 8 nitrogen and oxygen atoms in total. The molecule has 0 bridgehead atoms. The first kappa shape index (κ1) is 19.8. The molecule has 2 saturated heterocycles. The predicted molar refractivity (Wildman–Crippen MR) is 96.7 cm³/mol. The number of carbonyl (C=O) groups excluding carboxylic acids is 1. The fourth-order valence-corrected chi connectivity index (χ4v) is 5.10. The highest BCUT2D eigenvalue weighted by molar-refractivity contribution is 7.89. The van der Waals surface area contributed by atoms with Crippen molar-refractivity contribution in [2.24, 2.45) is 0 Å². The molecule has 148 valence electrons. The van der Waals surface area contributed by atoms with Crippen molar-refractivity contribution in [1.82, 2.24) is 9.21 Å². The maximum Gasteiger partial charge on any atom is 0.305 e. The molecular weight excluding hydrogens is 372 g/mol. The largest absolute Gasteiger partial charge is 0.481 e. The summed E-state index contributed by atoms with van der Waals surface area (Å²) < 4.78 is 32.6. The van der Waals surface area contributed by atoms with Crippen LogP contribution in [0.3, 0.4) is 0 Å². The Kier molecular flexibility index (Phi) is 5.83. The lowest BCUT2D eigenvalue weighted by atomic mass is 10.1. The number of aryl methyl sites for hydroxylation is 1. The van der Waals surface area contributed by atoms with Crippen molar-refractivity contribution in [1.29, 1.82) is 0 Å². The molecule has 3 rings (SSSR count). The molecule has 27 heavy (non-hydrogen) atoms. The highest BCUT2D eigenvalue weighted by atomic mass is 32.2. The molecule has 0 aliphatic carbocycles. The number of benzene rings is 1. The van der Waals surface area contributed by atoms with Crippen LogP contribution in [-0.4, -0.2) is 73.0 Å². The first-order valence-corrected chi connectivity index (χ1v) is 10.4. The molecule has 9 heteroatoms. The molecule has 1 aromatic rings. The first-order valence-electron chi connectivity index (χ1n) is 9.00. The van der Waals surface area contributed by atoms with Crippen molar-refractivity contribution in [3.8, 4) is 0 Å². The first-order chi connectivity index (χ1) is 12.8. The lowest BCUT2D eigenvalue weighted by molar-refractivity contribution is -0.147. The van der Waals surface area contributed by atoms with Gasteiger partial charge in [-0.3, -0.25) is 9.59 Å². The van der Waals surface area contributed by atoms with E-state index in [0.29, 0.717) is 13.2 Å². The van der Waals surface area contributed by atoms with Crippen molar-refractivity contribution in [2.45, 2.75) is 43.2 Å². The number of piperazine rings is 1. The smallest absolute Gasteiger partial charge is 0.305 e. The van der Waals surface area contributed by atoms with E-state index in [1.165, 1.54) is 17.0 Å². The molecule has 0 aromatic heterocycles. The summed E-state index contributed by atoms with van der Waals surface area (Å²) in [6, 6.07) is 5.06. The number of carbonyl (C=O) groups is 2. The molecule has 0 spiro atoms. The SMILES string of the molecule is Cc1ccc(S(=O)(=O)N2CCN(CC3CCCO3)C(=O)C2CC(=O)O)cc1. The van der Waals surface area contributed by atoms with E-state index in [9.17, 15) is 23.1 Å². The number of rotatable bonds is 6. The molecule has 1 aromatic carbocycles. The van der Waals surface area contributed by atoms with Gasteiger partial charge in [-0.2, -0.15) is 4.31 Å². The summed E-state index contributed by atoms with van der Waals surface area (Å²) in [5.41, 5.74) is 0.911. The van der Waals surface area contributed by atoms with Crippen LogP contribution in [0.15, 0.2) is 29.2 Å². The molecule has 2 heterocycles. The minimum Gasteiger partial charge on any atom is -0.481 e. The second-order valence-electron chi connectivity index (χ2n) is 6.96. The van der Waals surface area contributed by atoms with Gasteiger partial charge in [0.15, 0.2) is 0 Å². The van der Waals surface area contributed by atoms with Crippen LogP contribution in [0.4, 0.5) is 0 Å². The van der Waals surface area contributed by atoms with E-state index in [1.807, 2.05) is 6.92 Å². The summed E-state index contributed by atoms with van der Waals surface area (Å²) in [5.74, 6) is -1.69. The number of amides is 1. The van der Waals surface area contributed by atoms with Gasteiger partial charge < -0.3 is 14.7 Å². The van der Waals surface area contributed by atoms with E-state index < -0.39 is 34.4 Å². The van der Waals surface area contributed by atoms with Crippen LogP contribution >= 0.6 is 0 Å². The number of ether oxygens (including phenoxy) is 1. The molecule has 2 fully saturated rings. The molecule has 2 atom stereocenters. The average molecular weight is 396 g/mol. The van der Waals surface area contributed by atoms with E-state index in [2.05, 4.69) is 0 Å². The Hall–Kier alpha value is -1.97. The number of sulfonamides is 1. The standard InChI is InChI=1S/C18H24N2O6S/c1-13-4-6-15(7-5-13)27(24,25)20-9-8-19(12-14-3-2-10-26-14)18(23)16(20)11-17(21)22/h4-7,14,16H,2-3,8-12H2,1H3,(H,21,22). The van der Waals surface area contributed by atoms with Crippen molar-refractivity contribution in [2.75, 3.05) is 26.2 Å². The lowest BCUT2D eigenvalue weighted by Gasteiger charge is -2.40. The summed E-state index contributed by atoms with van der Waals surface area (Å²) >= 11 is 0. The molecule has 0 radical (unpaired) electrons. The molecule has 2 aliphatic heterocycles. The van der Waals surface area contributed by atoms with Gasteiger partial charge in [0.25, 0.3) is 0 Å². The highest BCUT2D eigenvalue weighted by Crippen LogP contribution is 2.25. The Morgan fingerprint density at radius 2 is 1.96 bits per heavy atom. The van der Waals surface area contributed by atoms with Gasteiger partial charge in [0.2, 0.25) is 15.9 Å². The monoisotopic (exact) mass is 396 g/mol. The van der Waals surface area contributed by atoms with Gasteiger partial charge in [0.05, 0.1) is 17.4 Å². The van der Waals surface area contributed by atoms with Crippen LogP contribution in [0.2, 0.25) is 0 Å². The van der Waals surface area contributed by atoms with Gasteiger partial charge in [0.1, 0.15) is 6.04 Å². The number of aliphatic carboxylic acids is 1. The normalized spacial score (nSPS) is 24.3. The highest BCUT2D eigenvalue weighted by Gasteiger charge is 2.43. The lowest BCUT2D eigenvalue weighted by Crippen LogP contribution is -2.60. The van der Waals surface area contributed by atoms with Crippen molar-refractivity contribution < 1.29 is 27.9 Å². The third-order valence-corrected chi connectivity index (χ3v) is 6.90. The summed E-state index contributed by atoms with van der Waals surface area (Å²) in [6.07, 6.45) is 1.14. The van der Waals surface area contributed by atoms with Gasteiger partial charge in [-0.25, -0.2) is 8.42 Å². The summed E-state index contributed by atoms with van der Waals surface area (Å²) in [7, 11) is -3.97. The number of hydrogen-bond donors (Lipinski definition) is 1. The Labute approximate surface area is 158 Å². The molecule has 0 saturated carbocycles. The van der Waals surface area contributed by atoms with E-state index in [1.54, 1.807) is 12.1 Å². The maximum absolute atomic E-state index is 13.0.